The molecule has 1 aromatic heterocycles. The first-order valence-electron chi connectivity index (χ1n) is 6.37. The summed E-state index contributed by atoms with van der Waals surface area (Å²) < 4.78 is 27.0. The smallest absolute Gasteiger partial charge is 0.257 e. The molecular weight excluding hydrogens is 280 g/mol. The number of thiophene rings is 1. The highest BCUT2D eigenvalue weighted by Gasteiger charge is 2.44. The fourth-order valence-electron chi connectivity index (χ4n) is 2.34. The van der Waals surface area contributed by atoms with Gasteiger partial charge in [0.15, 0.2) is 0 Å². The van der Waals surface area contributed by atoms with E-state index in [1.165, 1.54) is 11.6 Å². The average Bonchev–Trinajstić information content (AvgIpc) is 3.00. The molecule has 0 saturated heterocycles. The fourth-order valence-corrected chi connectivity index (χ4v) is 3.12. The van der Waals surface area contributed by atoms with Gasteiger partial charge >= 0.3 is 0 Å². The Morgan fingerprint density at radius 1 is 1.25 bits per heavy atom. The summed E-state index contributed by atoms with van der Waals surface area (Å²) in [5, 5.41) is 6.71. The van der Waals surface area contributed by atoms with Crippen molar-refractivity contribution in [3.8, 4) is 0 Å². The van der Waals surface area contributed by atoms with Gasteiger partial charge in [-0.15, -0.1) is 0 Å². The van der Waals surface area contributed by atoms with E-state index in [1.807, 2.05) is 11.4 Å². The minimum absolute atomic E-state index is 0.0443. The van der Waals surface area contributed by atoms with Crippen LogP contribution >= 0.6 is 11.3 Å². The topological polar surface area (TPSA) is 29.1 Å². The number of carbonyl (C=O) groups is 1. The van der Waals surface area contributed by atoms with Crippen LogP contribution in [0, 0.1) is 11.6 Å². The predicted octanol–water partition coefficient (Wildman–Crippen LogP) is 3.49. The first-order chi connectivity index (χ1) is 9.62. The van der Waals surface area contributed by atoms with E-state index in [4.69, 9.17) is 0 Å². The third kappa shape index (κ3) is 2.33. The van der Waals surface area contributed by atoms with Crippen molar-refractivity contribution < 1.29 is 13.6 Å². The first-order valence-corrected chi connectivity index (χ1v) is 7.32. The number of rotatable bonds is 4. The summed E-state index contributed by atoms with van der Waals surface area (Å²) in [5.41, 5.74) is 0.641. The summed E-state index contributed by atoms with van der Waals surface area (Å²) in [6, 6.07) is 5.45. The first kappa shape index (κ1) is 13.2. The van der Waals surface area contributed by atoms with E-state index >= 15 is 0 Å². The van der Waals surface area contributed by atoms with E-state index < -0.39 is 23.1 Å². The van der Waals surface area contributed by atoms with Crippen LogP contribution in [0.3, 0.4) is 0 Å². The Morgan fingerprint density at radius 2 is 1.95 bits per heavy atom. The third-order valence-corrected chi connectivity index (χ3v) is 4.45. The number of nitrogens with one attached hydrogen (secondary N) is 1. The van der Waals surface area contributed by atoms with Crippen molar-refractivity contribution in [3.05, 3.63) is 57.8 Å². The van der Waals surface area contributed by atoms with Crippen LogP contribution in [0.2, 0.25) is 0 Å². The molecule has 1 fully saturated rings. The molecule has 0 radical (unpaired) electrons. The summed E-state index contributed by atoms with van der Waals surface area (Å²) in [5.74, 6) is -2.35. The summed E-state index contributed by atoms with van der Waals surface area (Å²) in [7, 11) is 0. The van der Waals surface area contributed by atoms with Crippen LogP contribution in [0.25, 0.3) is 0 Å². The predicted molar refractivity (Wildman–Crippen MR) is 73.9 cm³/mol. The fraction of sp³-hybridized carbons (Fsp3) is 0.267. The van der Waals surface area contributed by atoms with Crippen LogP contribution in [0.5, 0.6) is 0 Å². The Hall–Kier alpha value is -1.75. The molecule has 3 rings (SSSR count). The molecule has 2 aromatic rings. The molecule has 2 nitrogen and oxygen atoms in total. The molecule has 5 heteroatoms. The van der Waals surface area contributed by atoms with Crippen LogP contribution < -0.4 is 5.32 Å². The molecule has 0 atom stereocenters. The quantitative estimate of drug-likeness (QED) is 0.918. The lowest BCUT2D eigenvalue weighted by molar-refractivity contribution is 0.0941. The van der Waals surface area contributed by atoms with E-state index in [-0.39, 0.29) is 5.41 Å². The number of halogens is 2. The molecular formula is C15H13F2NOS. The van der Waals surface area contributed by atoms with E-state index in [0.717, 1.165) is 25.0 Å². The standard InChI is InChI=1S/C15H13F2NOS/c16-11-2-1-3-12(17)13(11)14(19)18-9-15(5-6-15)10-4-7-20-8-10/h1-4,7-8H,5-6,9H2,(H,18,19). The van der Waals surface area contributed by atoms with Crippen molar-refractivity contribution in [3.63, 3.8) is 0 Å². The van der Waals surface area contributed by atoms with Crippen molar-refractivity contribution in [1.82, 2.24) is 5.32 Å². The molecule has 0 aliphatic heterocycles. The van der Waals surface area contributed by atoms with Crippen LogP contribution in [0.4, 0.5) is 8.78 Å². The second-order valence-electron chi connectivity index (χ2n) is 5.07. The molecule has 1 amide bonds. The molecule has 0 unspecified atom stereocenters. The summed E-state index contributed by atoms with van der Waals surface area (Å²) in [4.78, 5) is 11.9. The lowest BCUT2D eigenvalue weighted by atomic mass is 9.99. The normalized spacial score (nSPS) is 15.9. The van der Waals surface area contributed by atoms with Crippen molar-refractivity contribution in [2.24, 2.45) is 0 Å². The zero-order chi connectivity index (χ0) is 14.2. The van der Waals surface area contributed by atoms with Gasteiger partial charge in [0.25, 0.3) is 5.91 Å². The maximum Gasteiger partial charge on any atom is 0.257 e. The van der Waals surface area contributed by atoms with E-state index in [9.17, 15) is 13.6 Å². The summed E-state index contributed by atoms with van der Waals surface area (Å²) in [6.45, 7) is 0.413. The van der Waals surface area contributed by atoms with Gasteiger partial charge in [-0.05, 0) is 47.4 Å². The molecule has 1 heterocycles. The van der Waals surface area contributed by atoms with Gasteiger partial charge < -0.3 is 5.32 Å². The highest BCUT2D eigenvalue weighted by molar-refractivity contribution is 7.08. The second kappa shape index (κ2) is 4.98. The van der Waals surface area contributed by atoms with E-state index in [1.54, 1.807) is 11.3 Å². The maximum atomic E-state index is 13.5. The number of hydrogen-bond donors (Lipinski definition) is 1. The highest BCUT2D eigenvalue weighted by Crippen LogP contribution is 2.48. The molecule has 0 bridgehead atoms. The van der Waals surface area contributed by atoms with Crippen molar-refractivity contribution in [1.29, 1.82) is 0 Å². The summed E-state index contributed by atoms with van der Waals surface area (Å²) in [6.07, 6.45) is 1.98. The van der Waals surface area contributed by atoms with Gasteiger partial charge in [-0.25, -0.2) is 8.78 Å². The Morgan fingerprint density at radius 3 is 2.50 bits per heavy atom. The van der Waals surface area contributed by atoms with Crippen LogP contribution in [-0.4, -0.2) is 12.5 Å². The van der Waals surface area contributed by atoms with E-state index in [0.29, 0.717) is 6.54 Å². The van der Waals surface area contributed by atoms with Gasteiger partial charge in [0.05, 0.1) is 0 Å². The Bertz CT molecular complexity index is 615. The highest BCUT2D eigenvalue weighted by atomic mass is 32.1. The molecule has 1 N–H and O–H groups in total. The monoisotopic (exact) mass is 293 g/mol. The molecule has 1 aliphatic carbocycles. The number of hydrogen-bond acceptors (Lipinski definition) is 2. The SMILES string of the molecule is O=C(NCC1(c2ccsc2)CC1)c1c(F)cccc1F. The van der Waals surface area contributed by atoms with Gasteiger partial charge in [-0.3, -0.25) is 4.79 Å². The number of benzene rings is 1. The molecule has 1 aliphatic rings. The molecule has 1 aromatic carbocycles. The van der Waals surface area contributed by atoms with Gasteiger partial charge in [0.2, 0.25) is 0 Å². The van der Waals surface area contributed by atoms with Gasteiger partial charge in [-0.2, -0.15) is 11.3 Å². The number of carbonyl (C=O) groups excluding carboxylic acids is 1. The van der Waals surface area contributed by atoms with Gasteiger partial charge in [0, 0.05) is 12.0 Å². The third-order valence-electron chi connectivity index (χ3n) is 3.76. The largest absolute Gasteiger partial charge is 0.351 e. The average molecular weight is 293 g/mol. The molecule has 20 heavy (non-hydrogen) atoms. The van der Waals surface area contributed by atoms with Crippen LogP contribution in [0.15, 0.2) is 35.0 Å². The second-order valence-corrected chi connectivity index (χ2v) is 5.85. The van der Waals surface area contributed by atoms with Crippen LogP contribution in [-0.2, 0) is 5.41 Å². The van der Waals surface area contributed by atoms with Crippen molar-refractivity contribution in [2.75, 3.05) is 6.54 Å². The van der Waals surface area contributed by atoms with Crippen molar-refractivity contribution >= 4 is 17.2 Å². The van der Waals surface area contributed by atoms with Crippen molar-refractivity contribution in [2.45, 2.75) is 18.3 Å². The molecule has 1 saturated carbocycles. The minimum Gasteiger partial charge on any atom is -0.351 e. The zero-order valence-corrected chi connectivity index (χ0v) is 11.5. The number of amides is 1. The lowest BCUT2D eigenvalue weighted by Crippen LogP contribution is -2.33. The van der Waals surface area contributed by atoms with Gasteiger partial charge in [-0.1, -0.05) is 6.07 Å². The molecule has 0 spiro atoms. The van der Waals surface area contributed by atoms with Gasteiger partial charge in [0.1, 0.15) is 17.2 Å². The molecule has 104 valence electrons. The van der Waals surface area contributed by atoms with Crippen LogP contribution in [0.1, 0.15) is 28.8 Å². The zero-order valence-electron chi connectivity index (χ0n) is 10.7. The Kier molecular flexibility index (Phi) is 3.30. The van der Waals surface area contributed by atoms with E-state index in [2.05, 4.69) is 10.7 Å². The lowest BCUT2D eigenvalue weighted by Gasteiger charge is -2.15. The minimum atomic E-state index is -0.831. The maximum absolute atomic E-state index is 13.5. The Balaban J connectivity index is 1.72. The summed E-state index contributed by atoms with van der Waals surface area (Å²) >= 11 is 1.61. The Labute approximate surface area is 119 Å².